The Kier molecular flexibility index (Phi) is 7.26. The van der Waals surface area contributed by atoms with Gasteiger partial charge in [0, 0.05) is 10.8 Å². The van der Waals surface area contributed by atoms with Gasteiger partial charge in [0.25, 0.3) is 0 Å². The van der Waals surface area contributed by atoms with Gasteiger partial charge < -0.3 is 29.5 Å². The van der Waals surface area contributed by atoms with E-state index in [0.717, 1.165) is 0 Å². The first-order valence-electron chi connectivity index (χ1n) is 13.3. The fourth-order valence-corrected chi connectivity index (χ4v) is 4.63. The molecule has 9 heteroatoms. The number of carbonyl (C=O) groups excluding carboxylic acids is 3. The van der Waals surface area contributed by atoms with Crippen LogP contribution in [-0.4, -0.2) is 33.2 Å². The van der Waals surface area contributed by atoms with Crippen molar-refractivity contribution in [3.05, 3.63) is 132 Å². The highest BCUT2D eigenvalue weighted by Crippen LogP contribution is 2.43. The topological polar surface area (TPSA) is 140 Å². The van der Waals surface area contributed by atoms with Crippen LogP contribution in [0.1, 0.15) is 31.1 Å². The Morgan fingerprint density at radius 2 is 0.886 bits per heavy atom. The molecule has 6 aromatic rings. The largest absolute Gasteiger partial charge is 0.508 e. The average Bonchev–Trinajstić information content (AvgIpc) is 3.02. The van der Waals surface area contributed by atoms with Crippen molar-refractivity contribution in [2.45, 2.75) is 0 Å². The van der Waals surface area contributed by atoms with E-state index in [1.54, 1.807) is 42.5 Å². The number of esters is 3. The Morgan fingerprint density at radius 1 is 0.455 bits per heavy atom. The Bertz CT molecular complexity index is 2050. The molecule has 6 rings (SSSR count). The standard InChI is InChI=1S/C35H22O9/c36-24-13-7-20(8-14-24)33(39)42-29-5-2-4-27-28(29)19-23-3-1-6-30(43-34(40)21-9-15-25(37)16-10-21)31(23)32(27)44-35(41)22-11-17-26(38)18-12-22/h1-19,36-38H. The number of aromatic hydroxyl groups is 3. The Balaban J connectivity index is 1.49. The second-order valence-corrected chi connectivity index (χ2v) is 9.72. The summed E-state index contributed by atoms with van der Waals surface area (Å²) in [5.41, 5.74) is 0.552. The van der Waals surface area contributed by atoms with Crippen molar-refractivity contribution < 1.29 is 43.9 Å². The van der Waals surface area contributed by atoms with Gasteiger partial charge in [-0.1, -0.05) is 24.3 Å². The molecule has 216 valence electrons. The smallest absolute Gasteiger partial charge is 0.343 e. The van der Waals surface area contributed by atoms with E-state index < -0.39 is 17.9 Å². The zero-order valence-electron chi connectivity index (χ0n) is 22.8. The maximum atomic E-state index is 13.3. The van der Waals surface area contributed by atoms with Crippen molar-refractivity contribution in [2.75, 3.05) is 0 Å². The van der Waals surface area contributed by atoms with Crippen LogP contribution in [0.3, 0.4) is 0 Å². The van der Waals surface area contributed by atoms with Gasteiger partial charge in [0.1, 0.15) is 28.7 Å². The summed E-state index contributed by atoms with van der Waals surface area (Å²) in [6.45, 7) is 0. The molecular weight excluding hydrogens is 564 g/mol. The Labute approximate surface area is 249 Å². The quantitative estimate of drug-likeness (QED) is 0.110. The van der Waals surface area contributed by atoms with E-state index >= 15 is 0 Å². The molecule has 0 bridgehead atoms. The lowest BCUT2D eigenvalue weighted by Gasteiger charge is -2.16. The first kappa shape index (κ1) is 27.8. The van der Waals surface area contributed by atoms with Gasteiger partial charge in [-0.05, 0) is 96.4 Å². The number of hydrogen-bond acceptors (Lipinski definition) is 9. The molecule has 0 heterocycles. The molecule has 0 aliphatic heterocycles. The van der Waals surface area contributed by atoms with Crippen LogP contribution in [0.5, 0.6) is 34.5 Å². The van der Waals surface area contributed by atoms with Crippen molar-refractivity contribution in [1.29, 1.82) is 0 Å². The number of hydrogen-bond donors (Lipinski definition) is 3. The molecule has 0 atom stereocenters. The van der Waals surface area contributed by atoms with Gasteiger partial charge in [0.15, 0.2) is 5.75 Å². The van der Waals surface area contributed by atoms with Crippen molar-refractivity contribution in [2.24, 2.45) is 0 Å². The number of fused-ring (bicyclic) bond motifs is 2. The van der Waals surface area contributed by atoms with Gasteiger partial charge in [-0.3, -0.25) is 0 Å². The molecule has 6 aromatic carbocycles. The predicted molar refractivity (Wildman–Crippen MR) is 161 cm³/mol. The third kappa shape index (κ3) is 5.57. The molecule has 0 aromatic heterocycles. The van der Waals surface area contributed by atoms with Gasteiger partial charge in [-0.15, -0.1) is 0 Å². The zero-order valence-corrected chi connectivity index (χ0v) is 22.8. The fourth-order valence-electron chi connectivity index (χ4n) is 4.63. The van der Waals surface area contributed by atoms with E-state index in [0.29, 0.717) is 21.5 Å². The Morgan fingerprint density at radius 3 is 1.41 bits per heavy atom. The van der Waals surface area contributed by atoms with Gasteiger partial charge in [0.05, 0.1) is 22.1 Å². The molecule has 44 heavy (non-hydrogen) atoms. The molecule has 0 unspecified atom stereocenters. The summed E-state index contributed by atoms with van der Waals surface area (Å²) in [4.78, 5) is 39.3. The molecule has 0 spiro atoms. The molecule has 0 saturated carbocycles. The zero-order chi connectivity index (χ0) is 30.8. The van der Waals surface area contributed by atoms with Crippen LogP contribution >= 0.6 is 0 Å². The van der Waals surface area contributed by atoms with E-state index in [4.69, 9.17) is 14.2 Å². The lowest BCUT2D eigenvalue weighted by Crippen LogP contribution is -2.11. The molecule has 0 aliphatic carbocycles. The van der Waals surface area contributed by atoms with Crippen LogP contribution < -0.4 is 14.2 Å². The van der Waals surface area contributed by atoms with E-state index in [-0.39, 0.29) is 51.2 Å². The van der Waals surface area contributed by atoms with Gasteiger partial charge in [-0.25, -0.2) is 14.4 Å². The number of carbonyl (C=O) groups is 3. The number of phenols is 3. The minimum Gasteiger partial charge on any atom is -0.508 e. The summed E-state index contributed by atoms with van der Waals surface area (Å²) in [6, 6.07) is 28.2. The van der Waals surface area contributed by atoms with E-state index in [9.17, 15) is 29.7 Å². The highest BCUT2D eigenvalue weighted by Gasteiger charge is 2.22. The molecule has 0 saturated heterocycles. The van der Waals surface area contributed by atoms with Crippen LogP contribution in [0.2, 0.25) is 0 Å². The minimum atomic E-state index is -0.745. The Hall–Kier alpha value is -6.35. The summed E-state index contributed by atoms with van der Waals surface area (Å²) in [7, 11) is 0. The molecule has 0 radical (unpaired) electrons. The van der Waals surface area contributed by atoms with Crippen LogP contribution in [0.4, 0.5) is 0 Å². The van der Waals surface area contributed by atoms with Crippen molar-refractivity contribution >= 4 is 39.5 Å². The molecule has 0 aliphatic rings. The van der Waals surface area contributed by atoms with Crippen molar-refractivity contribution in [3.63, 3.8) is 0 Å². The lowest BCUT2D eigenvalue weighted by atomic mass is 10.0. The highest BCUT2D eigenvalue weighted by molar-refractivity contribution is 6.12. The molecule has 9 nitrogen and oxygen atoms in total. The summed E-state index contributed by atoms with van der Waals surface area (Å²) in [6.07, 6.45) is 0. The number of phenolic OH excluding ortho intramolecular Hbond substituents is 3. The first-order valence-corrected chi connectivity index (χ1v) is 13.3. The second kappa shape index (κ2) is 11.5. The fraction of sp³-hybridized carbons (Fsp3) is 0. The minimum absolute atomic E-state index is 0.000170. The lowest BCUT2D eigenvalue weighted by molar-refractivity contribution is 0.0723. The molecule has 0 amide bonds. The van der Waals surface area contributed by atoms with Crippen LogP contribution in [0.25, 0.3) is 21.5 Å². The van der Waals surface area contributed by atoms with Gasteiger partial charge in [0.2, 0.25) is 0 Å². The van der Waals surface area contributed by atoms with E-state index in [1.807, 2.05) is 0 Å². The summed E-state index contributed by atoms with van der Waals surface area (Å²) in [5.74, 6) is -1.83. The van der Waals surface area contributed by atoms with E-state index in [1.165, 1.54) is 72.8 Å². The summed E-state index contributed by atoms with van der Waals surface area (Å²) in [5, 5.41) is 30.5. The van der Waals surface area contributed by atoms with Crippen molar-refractivity contribution in [1.82, 2.24) is 0 Å². The third-order valence-electron chi connectivity index (χ3n) is 6.81. The second-order valence-electron chi connectivity index (χ2n) is 9.72. The first-order chi connectivity index (χ1) is 21.3. The average molecular weight is 587 g/mol. The monoisotopic (exact) mass is 586 g/mol. The van der Waals surface area contributed by atoms with Gasteiger partial charge >= 0.3 is 17.9 Å². The number of rotatable bonds is 6. The number of benzene rings is 6. The maximum absolute atomic E-state index is 13.3. The molecular formula is C35H22O9. The maximum Gasteiger partial charge on any atom is 0.343 e. The van der Waals surface area contributed by atoms with Gasteiger partial charge in [-0.2, -0.15) is 0 Å². The predicted octanol–water partition coefficient (Wildman–Crippen LogP) is 6.77. The van der Waals surface area contributed by atoms with Crippen molar-refractivity contribution in [3.8, 4) is 34.5 Å². The summed E-state index contributed by atoms with van der Waals surface area (Å²) >= 11 is 0. The van der Waals surface area contributed by atoms with Crippen LogP contribution in [0, 0.1) is 0 Å². The number of ether oxygens (including phenoxy) is 3. The van der Waals surface area contributed by atoms with Crippen LogP contribution in [-0.2, 0) is 0 Å². The normalized spacial score (nSPS) is 10.8. The molecule has 0 fully saturated rings. The SMILES string of the molecule is O=C(Oc1cccc2c(OC(=O)c3ccc(O)cc3)c3c(OC(=O)c4ccc(O)cc4)cccc3cc12)c1ccc(O)cc1. The van der Waals surface area contributed by atoms with E-state index in [2.05, 4.69) is 0 Å². The highest BCUT2D eigenvalue weighted by atomic mass is 16.5. The third-order valence-corrected chi connectivity index (χ3v) is 6.81. The summed E-state index contributed by atoms with van der Waals surface area (Å²) < 4.78 is 17.4. The van der Waals surface area contributed by atoms with Crippen LogP contribution in [0.15, 0.2) is 115 Å². The molecule has 3 N–H and O–H groups in total.